The van der Waals surface area contributed by atoms with Gasteiger partial charge in [0.2, 0.25) is 0 Å². The quantitative estimate of drug-likeness (QED) is 0.304. The number of rotatable bonds is 13. The standard InChI is InChI=1S/C25H44O/c1-3-4-16-23-17-7-8-18-24(23)20-25(26)19-10-12-21(2)11-9-15-22-13-5-6-14-22/h22-24H,2-20H2,1H3. The lowest BCUT2D eigenvalue weighted by molar-refractivity contribution is -0.120. The highest BCUT2D eigenvalue weighted by Gasteiger charge is 2.26. The van der Waals surface area contributed by atoms with Crippen LogP contribution in [0, 0.1) is 17.8 Å². The fourth-order valence-electron chi connectivity index (χ4n) is 5.39. The average Bonchev–Trinajstić information content (AvgIpc) is 3.14. The van der Waals surface area contributed by atoms with Crippen LogP contribution in [0.15, 0.2) is 12.2 Å². The smallest absolute Gasteiger partial charge is 0.133 e. The molecule has 0 aliphatic heterocycles. The summed E-state index contributed by atoms with van der Waals surface area (Å²) < 4.78 is 0. The van der Waals surface area contributed by atoms with E-state index in [9.17, 15) is 4.79 Å². The summed E-state index contributed by atoms with van der Waals surface area (Å²) in [4.78, 5) is 12.5. The van der Waals surface area contributed by atoms with Crippen LogP contribution in [0.25, 0.3) is 0 Å². The van der Waals surface area contributed by atoms with E-state index in [0.717, 1.165) is 37.5 Å². The molecule has 2 unspecified atom stereocenters. The second-order valence-corrected chi connectivity index (χ2v) is 9.34. The zero-order chi connectivity index (χ0) is 18.6. The minimum absolute atomic E-state index is 0.525. The van der Waals surface area contributed by atoms with E-state index in [0.29, 0.717) is 11.7 Å². The highest BCUT2D eigenvalue weighted by Crippen LogP contribution is 2.36. The van der Waals surface area contributed by atoms with Gasteiger partial charge in [0.15, 0.2) is 0 Å². The molecule has 26 heavy (non-hydrogen) atoms. The van der Waals surface area contributed by atoms with E-state index in [1.807, 2.05) is 0 Å². The third-order valence-corrected chi connectivity index (χ3v) is 7.09. The fourth-order valence-corrected chi connectivity index (χ4v) is 5.39. The van der Waals surface area contributed by atoms with Crippen LogP contribution in [0.1, 0.15) is 122 Å². The van der Waals surface area contributed by atoms with E-state index >= 15 is 0 Å². The van der Waals surface area contributed by atoms with E-state index < -0.39 is 0 Å². The molecule has 0 bridgehead atoms. The first kappa shape index (κ1) is 21.7. The van der Waals surface area contributed by atoms with Crippen molar-refractivity contribution in [3.05, 3.63) is 12.2 Å². The van der Waals surface area contributed by atoms with Crippen molar-refractivity contribution < 1.29 is 4.79 Å². The molecule has 2 aliphatic carbocycles. The van der Waals surface area contributed by atoms with Crippen LogP contribution >= 0.6 is 0 Å². The number of carbonyl (C=O) groups excluding carboxylic acids is 1. The number of unbranched alkanes of at least 4 members (excludes halogenated alkanes) is 1. The van der Waals surface area contributed by atoms with Crippen LogP contribution in [0.4, 0.5) is 0 Å². The minimum Gasteiger partial charge on any atom is -0.300 e. The predicted octanol–water partition coefficient (Wildman–Crippen LogP) is 8.03. The summed E-state index contributed by atoms with van der Waals surface area (Å²) in [5.41, 5.74) is 1.38. The molecular weight excluding hydrogens is 316 g/mol. The molecule has 2 saturated carbocycles. The first-order valence-electron chi connectivity index (χ1n) is 11.9. The van der Waals surface area contributed by atoms with Crippen molar-refractivity contribution in [3.8, 4) is 0 Å². The lowest BCUT2D eigenvalue weighted by Crippen LogP contribution is -2.22. The summed E-state index contributed by atoms with van der Waals surface area (Å²) in [6.07, 6.45) is 22.9. The monoisotopic (exact) mass is 360 g/mol. The number of Topliss-reactive ketones (excluding diaryl/α,β-unsaturated/α-hetero) is 1. The Kier molecular flexibility index (Phi) is 10.6. The molecular formula is C25H44O. The van der Waals surface area contributed by atoms with Gasteiger partial charge in [-0.05, 0) is 49.9 Å². The number of hydrogen-bond acceptors (Lipinski definition) is 1. The normalized spacial score (nSPS) is 24.0. The van der Waals surface area contributed by atoms with Gasteiger partial charge in [0, 0.05) is 12.8 Å². The van der Waals surface area contributed by atoms with E-state index in [2.05, 4.69) is 13.5 Å². The van der Waals surface area contributed by atoms with Gasteiger partial charge in [-0.3, -0.25) is 4.79 Å². The molecule has 0 saturated heterocycles. The highest BCUT2D eigenvalue weighted by molar-refractivity contribution is 5.78. The SMILES string of the molecule is C=C(CCCC(=O)CC1CCCCC1CCCC)CCCC1CCCC1. The van der Waals surface area contributed by atoms with Gasteiger partial charge in [-0.1, -0.05) is 89.7 Å². The maximum Gasteiger partial charge on any atom is 0.133 e. The van der Waals surface area contributed by atoms with Crippen molar-refractivity contribution in [2.24, 2.45) is 17.8 Å². The number of carbonyl (C=O) groups is 1. The van der Waals surface area contributed by atoms with Crippen LogP contribution in [0.2, 0.25) is 0 Å². The maximum atomic E-state index is 12.5. The topological polar surface area (TPSA) is 17.1 Å². The molecule has 0 aromatic heterocycles. The second-order valence-electron chi connectivity index (χ2n) is 9.34. The molecule has 0 heterocycles. The lowest BCUT2D eigenvalue weighted by atomic mass is 9.74. The van der Waals surface area contributed by atoms with Gasteiger partial charge in [0.05, 0.1) is 0 Å². The molecule has 1 heteroatoms. The van der Waals surface area contributed by atoms with Crippen molar-refractivity contribution in [3.63, 3.8) is 0 Å². The molecule has 0 spiro atoms. The Morgan fingerprint density at radius 3 is 2.19 bits per heavy atom. The van der Waals surface area contributed by atoms with Crippen molar-refractivity contribution in [1.82, 2.24) is 0 Å². The first-order chi connectivity index (χ1) is 12.7. The summed E-state index contributed by atoms with van der Waals surface area (Å²) in [6.45, 7) is 6.55. The molecule has 2 aliphatic rings. The largest absolute Gasteiger partial charge is 0.300 e. The molecule has 150 valence electrons. The predicted molar refractivity (Wildman–Crippen MR) is 113 cm³/mol. The first-order valence-corrected chi connectivity index (χ1v) is 11.9. The molecule has 0 amide bonds. The molecule has 2 fully saturated rings. The average molecular weight is 361 g/mol. The third-order valence-electron chi connectivity index (χ3n) is 7.09. The van der Waals surface area contributed by atoms with Gasteiger partial charge in [-0.25, -0.2) is 0 Å². The minimum atomic E-state index is 0.525. The van der Waals surface area contributed by atoms with Gasteiger partial charge in [0.25, 0.3) is 0 Å². The van der Waals surface area contributed by atoms with Crippen molar-refractivity contribution in [1.29, 1.82) is 0 Å². The summed E-state index contributed by atoms with van der Waals surface area (Å²) in [5.74, 6) is 3.05. The fraction of sp³-hybridized carbons (Fsp3) is 0.880. The maximum absolute atomic E-state index is 12.5. The Morgan fingerprint density at radius 1 is 0.808 bits per heavy atom. The van der Waals surface area contributed by atoms with Gasteiger partial charge in [-0.15, -0.1) is 0 Å². The van der Waals surface area contributed by atoms with E-state index in [1.165, 1.54) is 95.5 Å². The third kappa shape index (κ3) is 8.40. The molecule has 0 aromatic rings. The van der Waals surface area contributed by atoms with Crippen LogP contribution in [-0.4, -0.2) is 5.78 Å². The van der Waals surface area contributed by atoms with Gasteiger partial charge in [-0.2, -0.15) is 0 Å². The Hall–Kier alpha value is -0.590. The molecule has 0 N–H and O–H groups in total. The van der Waals surface area contributed by atoms with Crippen LogP contribution < -0.4 is 0 Å². The Labute approximate surface area is 163 Å². The zero-order valence-electron chi connectivity index (χ0n) is 17.6. The van der Waals surface area contributed by atoms with Crippen molar-refractivity contribution >= 4 is 5.78 Å². The molecule has 1 nitrogen and oxygen atoms in total. The lowest BCUT2D eigenvalue weighted by Gasteiger charge is -2.31. The number of allylic oxidation sites excluding steroid dienone is 1. The van der Waals surface area contributed by atoms with Crippen LogP contribution in [0.5, 0.6) is 0 Å². The summed E-state index contributed by atoms with van der Waals surface area (Å²) in [7, 11) is 0. The second kappa shape index (κ2) is 12.7. The summed E-state index contributed by atoms with van der Waals surface area (Å²) >= 11 is 0. The molecule has 0 radical (unpaired) electrons. The Morgan fingerprint density at radius 2 is 1.46 bits per heavy atom. The summed E-state index contributed by atoms with van der Waals surface area (Å²) in [6, 6.07) is 0. The van der Waals surface area contributed by atoms with Crippen molar-refractivity contribution in [2.75, 3.05) is 0 Å². The van der Waals surface area contributed by atoms with E-state index in [-0.39, 0.29) is 0 Å². The van der Waals surface area contributed by atoms with Crippen LogP contribution in [-0.2, 0) is 4.79 Å². The van der Waals surface area contributed by atoms with Crippen molar-refractivity contribution in [2.45, 2.75) is 122 Å². The van der Waals surface area contributed by atoms with Gasteiger partial charge < -0.3 is 0 Å². The van der Waals surface area contributed by atoms with E-state index in [1.54, 1.807) is 0 Å². The van der Waals surface area contributed by atoms with E-state index in [4.69, 9.17) is 0 Å². The molecule has 2 rings (SSSR count). The molecule has 2 atom stereocenters. The Bertz CT molecular complexity index is 404. The van der Waals surface area contributed by atoms with Gasteiger partial charge >= 0.3 is 0 Å². The summed E-state index contributed by atoms with van der Waals surface area (Å²) in [5, 5.41) is 0. The number of hydrogen-bond donors (Lipinski definition) is 0. The number of ketones is 1. The van der Waals surface area contributed by atoms with Gasteiger partial charge in [0.1, 0.15) is 5.78 Å². The zero-order valence-corrected chi connectivity index (χ0v) is 17.6. The van der Waals surface area contributed by atoms with Crippen LogP contribution in [0.3, 0.4) is 0 Å². The highest BCUT2D eigenvalue weighted by atomic mass is 16.1. The Balaban J connectivity index is 1.54. The molecule has 0 aromatic carbocycles.